The fourth-order valence-corrected chi connectivity index (χ4v) is 4.72. The van der Waals surface area contributed by atoms with Crippen molar-refractivity contribution in [3.05, 3.63) is 105 Å². The summed E-state index contributed by atoms with van der Waals surface area (Å²) in [7, 11) is 0. The van der Waals surface area contributed by atoms with Gasteiger partial charge in [0.25, 0.3) is 0 Å². The van der Waals surface area contributed by atoms with Crippen molar-refractivity contribution in [1.29, 1.82) is 0 Å². The van der Waals surface area contributed by atoms with Crippen molar-refractivity contribution in [3.8, 4) is 5.75 Å². The number of benzene rings is 3. The minimum Gasteiger partial charge on any atom is -0.492 e. The zero-order valence-corrected chi connectivity index (χ0v) is 20.7. The molecule has 0 unspecified atom stereocenters. The fourth-order valence-electron chi connectivity index (χ4n) is 4.47. The summed E-state index contributed by atoms with van der Waals surface area (Å²) in [6, 6.07) is 24.6. The third-order valence-corrected chi connectivity index (χ3v) is 6.71. The average Bonchev–Trinajstić information content (AvgIpc) is 2.84. The Balaban J connectivity index is 1.52. The molecule has 0 amide bonds. The first-order valence-electron chi connectivity index (χ1n) is 11.7. The molecule has 1 fully saturated rings. The molecule has 4 heteroatoms. The van der Waals surface area contributed by atoms with Crippen LogP contribution in [0.4, 0.5) is 0 Å². The van der Waals surface area contributed by atoms with Crippen LogP contribution in [0.25, 0.3) is 5.57 Å². The van der Waals surface area contributed by atoms with Gasteiger partial charge in [-0.15, -0.1) is 0 Å². The highest BCUT2D eigenvalue weighted by molar-refractivity contribution is 6.30. The van der Waals surface area contributed by atoms with Gasteiger partial charge in [0.15, 0.2) is 0 Å². The Labute approximate surface area is 207 Å². The lowest BCUT2D eigenvalue weighted by Crippen LogP contribution is -2.33. The lowest BCUT2D eigenvalue weighted by atomic mass is 9.90. The first kappa shape index (κ1) is 23.9. The van der Waals surface area contributed by atoms with Gasteiger partial charge in [0.2, 0.25) is 0 Å². The molecule has 0 aromatic heterocycles. The third-order valence-electron chi connectivity index (χ3n) is 6.21. The maximum Gasteiger partial charge on any atom is 0.119 e. The first-order valence-corrected chi connectivity index (χ1v) is 12.5. The lowest BCUT2D eigenvalue weighted by molar-refractivity contribution is 0.183. The largest absolute Gasteiger partial charge is 0.492 e. The number of halogens is 2. The molecular weight excluding hydrogens is 449 g/mol. The van der Waals surface area contributed by atoms with Crippen LogP contribution >= 0.6 is 23.2 Å². The van der Waals surface area contributed by atoms with E-state index in [2.05, 4.69) is 60.4 Å². The van der Waals surface area contributed by atoms with E-state index in [-0.39, 0.29) is 0 Å². The number of rotatable bonds is 8. The summed E-state index contributed by atoms with van der Waals surface area (Å²) in [4.78, 5) is 2.50. The van der Waals surface area contributed by atoms with Crippen LogP contribution in [-0.2, 0) is 6.42 Å². The van der Waals surface area contributed by atoms with Crippen molar-refractivity contribution in [2.45, 2.75) is 32.6 Å². The molecule has 0 N–H and O–H groups in total. The summed E-state index contributed by atoms with van der Waals surface area (Å²) in [6.07, 6.45) is 4.83. The van der Waals surface area contributed by atoms with E-state index in [1.807, 2.05) is 24.3 Å². The molecule has 3 aromatic rings. The van der Waals surface area contributed by atoms with E-state index in [0.29, 0.717) is 0 Å². The van der Waals surface area contributed by atoms with Gasteiger partial charge in [0, 0.05) is 16.6 Å². The van der Waals surface area contributed by atoms with E-state index in [0.717, 1.165) is 40.9 Å². The van der Waals surface area contributed by atoms with Gasteiger partial charge in [-0.25, -0.2) is 0 Å². The molecule has 1 heterocycles. The number of ether oxygens (including phenoxy) is 1. The topological polar surface area (TPSA) is 12.5 Å². The molecule has 4 rings (SSSR count). The number of hydrogen-bond donors (Lipinski definition) is 0. The SMILES string of the molecule is C/C(Cc1ccc(Cl)cc1)=C(/c1ccc(Cl)cc1)c1ccc(OCCN2CCCCC2)cc1. The lowest BCUT2D eigenvalue weighted by Gasteiger charge is -2.26. The summed E-state index contributed by atoms with van der Waals surface area (Å²) in [5, 5.41) is 1.50. The minimum absolute atomic E-state index is 0.731. The predicted octanol–water partition coefficient (Wildman–Crippen LogP) is 7.92. The summed E-state index contributed by atoms with van der Waals surface area (Å²) in [6.45, 7) is 6.32. The van der Waals surface area contributed by atoms with E-state index in [1.165, 1.54) is 54.6 Å². The highest BCUT2D eigenvalue weighted by atomic mass is 35.5. The van der Waals surface area contributed by atoms with E-state index >= 15 is 0 Å². The normalized spacial score (nSPS) is 15.2. The minimum atomic E-state index is 0.731. The van der Waals surface area contributed by atoms with Crippen LogP contribution in [0.3, 0.4) is 0 Å². The number of piperidine rings is 1. The van der Waals surface area contributed by atoms with Gasteiger partial charge < -0.3 is 4.74 Å². The van der Waals surface area contributed by atoms with Gasteiger partial charge in [0.05, 0.1) is 0 Å². The van der Waals surface area contributed by atoms with Crippen molar-refractivity contribution in [1.82, 2.24) is 4.90 Å². The molecule has 0 saturated carbocycles. The summed E-state index contributed by atoms with van der Waals surface area (Å²) in [5.41, 5.74) is 6.08. The monoisotopic (exact) mass is 479 g/mol. The number of hydrogen-bond acceptors (Lipinski definition) is 2. The van der Waals surface area contributed by atoms with Crippen molar-refractivity contribution >= 4 is 28.8 Å². The molecule has 1 aliphatic heterocycles. The van der Waals surface area contributed by atoms with Crippen LogP contribution in [0.1, 0.15) is 42.9 Å². The van der Waals surface area contributed by atoms with Crippen LogP contribution in [0.2, 0.25) is 10.0 Å². The van der Waals surface area contributed by atoms with E-state index in [4.69, 9.17) is 27.9 Å². The van der Waals surface area contributed by atoms with E-state index in [9.17, 15) is 0 Å². The summed E-state index contributed by atoms with van der Waals surface area (Å²) < 4.78 is 6.04. The predicted molar refractivity (Wildman–Crippen MR) is 141 cm³/mol. The van der Waals surface area contributed by atoms with Crippen LogP contribution in [-0.4, -0.2) is 31.1 Å². The van der Waals surface area contributed by atoms with Gasteiger partial charge in [0.1, 0.15) is 12.4 Å². The Morgan fingerprint density at radius 3 is 1.91 bits per heavy atom. The number of allylic oxidation sites excluding steroid dienone is 1. The summed E-state index contributed by atoms with van der Waals surface area (Å²) >= 11 is 12.2. The van der Waals surface area contributed by atoms with Crippen molar-refractivity contribution < 1.29 is 4.74 Å². The van der Waals surface area contributed by atoms with Gasteiger partial charge in [-0.05, 0) is 97.9 Å². The Bertz CT molecular complexity index is 1050. The molecule has 1 saturated heterocycles. The number of likely N-dealkylation sites (tertiary alicyclic amines) is 1. The third kappa shape index (κ3) is 6.86. The maximum absolute atomic E-state index is 6.16. The van der Waals surface area contributed by atoms with E-state index < -0.39 is 0 Å². The number of nitrogens with zero attached hydrogens (tertiary/aromatic N) is 1. The summed E-state index contributed by atoms with van der Waals surface area (Å²) in [5.74, 6) is 0.918. The van der Waals surface area contributed by atoms with Gasteiger partial charge in [-0.1, -0.05) is 71.6 Å². The van der Waals surface area contributed by atoms with Gasteiger partial charge in [-0.3, -0.25) is 4.90 Å². The molecule has 0 spiro atoms. The molecule has 1 aliphatic rings. The molecule has 3 aromatic carbocycles. The van der Waals surface area contributed by atoms with Gasteiger partial charge in [-0.2, -0.15) is 0 Å². The Kier molecular flexibility index (Phi) is 8.50. The molecule has 172 valence electrons. The molecule has 0 radical (unpaired) electrons. The molecule has 0 aliphatic carbocycles. The molecular formula is C29H31Cl2NO. The van der Waals surface area contributed by atoms with Crippen molar-refractivity contribution in [3.63, 3.8) is 0 Å². The highest BCUT2D eigenvalue weighted by Gasteiger charge is 2.12. The van der Waals surface area contributed by atoms with Crippen molar-refractivity contribution in [2.75, 3.05) is 26.2 Å². The second-order valence-electron chi connectivity index (χ2n) is 8.74. The Hall–Kier alpha value is -2.26. The Morgan fingerprint density at radius 1 is 0.758 bits per heavy atom. The van der Waals surface area contributed by atoms with Crippen LogP contribution < -0.4 is 4.74 Å². The molecule has 33 heavy (non-hydrogen) atoms. The first-order chi connectivity index (χ1) is 16.1. The van der Waals surface area contributed by atoms with Crippen molar-refractivity contribution in [2.24, 2.45) is 0 Å². The zero-order valence-electron chi connectivity index (χ0n) is 19.2. The molecule has 2 nitrogen and oxygen atoms in total. The maximum atomic E-state index is 6.16. The smallest absolute Gasteiger partial charge is 0.119 e. The Morgan fingerprint density at radius 2 is 1.30 bits per heavy atom. The van der Waals surface area contributed by atoms with Crippen LogP contribution in [0.5, 0.6) is 5.75 Å². The zero-order chi connectivity index (χ0) is 23.0. The second kappa shape index (κ2) is 11.7. The highest BCUT2D eigenvalue weighted by Crippen LogP contribution is 2.31. The quantitative estimate of drug-likeness (QED) is 0.325. The second-order valence-corrected chi connectivity index (χ2v) is 9.61. The average molecular weight is 480 g/mol. The standard InChI is InChI=1S/C29H31Cl2NO/c1-22(21-23-5-11-26(30)12-6-23)29(24-7-13-27(31)14-8-24)25-9-15-28(16-10-25)33-20-19-32-17-3-2-4-18-32/h5-16H,2-4,17-21H2,1H3/b29-22+. The van der Waals surface area contributed by atoms with Crippen LogP contribution in [0, 0.1) is 0 Å². The van der Waals surface area contributed by atoms with Gasteiger partial charge >= 0.3 is 0 Å². The van der Waals surface area contributed by atoms with E-state index in [1.54, 1.807) is 0 Å². The fraction of sp³-hybridized carbons (Fsp3) is 0.310. The molecule has 0 atom stereocenters. The molecule has 0 bridgehead atoms. The van der Waals surface area contributed by atoms with Crippen LogP contribution in [0.15, 0.2) is 78.4 Å².